The predicted molar refractivity (Wildman–Crippen MR) is 58.8 cm³/mol. The minimum atomic E-state index is -0.704. The van der Waals surface area contributed by atoms with Crippen LogP contribution in [-0.4, -0.2) is 24.2 Å². The fourth-order valence-corrected chi connectivity index (χ4v) is 3.37. The van der Waals surface area contributed by atoms with Gasteiger partial charge in [-0.2, -0.15) is 0 Å². The molecule has 5 heteroatoms. The number of hydrogen-bond acceptors (Lipinski definition) is 3. The van der Waals surface area contributed by atoms with E-state index in [1.807, 2.05) is 11.4 Å². The molecule has 2 N–H and O–H groups in total. The van der Waals surface area contributed by atoms with Crippen molar-refractivity contribution < 1.29 is 9.90 Å². The molecule has 2 heterocycles. The summed E-state index contributed by atoms with van der Waals surface area (Å²) in [5.41, 5.74) is 0. The maximum atomic E-state index is 10.9. The van der Waals surface area contributed by atoms with Crippen LogP contribution < -0.4 is 5.32 Å². The second kappa shape index (κ2) is 4.00. The fourth-order valence-electron chi connectivity index (χ4n) is 1.76. The Labute approximate surface area is 94.3 Å². The van der Waals surface area contributed by atoms with Crippen LogP contribution in [0.1, 0.15) is 10.8 Å². The van der Waals surface area contributed by atoms with E-state index in [2.05, 4.69) is 21.2 Å². The zero-order chi connectivity index (χ0) is 10.1. The van der Waals surface area contributed by atoms with Crippen LogP contribution in [0.3, 0.4) is 0 Å². The Morgan fingerprint density at radius 2 is 2.43 bits per heavy atom. The van der Waals surface area contributed by atoms with Crippen LogP contribution in [-0.2, 0) is 4.79 Å². The van der Waals surface area contributed by atoms with Gasteiger partial charge in [0.2, 0.25) is 0 Å². The first-order valence-electron chi connectivity index (χ1n) is 4.36. The zero-order valence-electron chi connectivity index (χ0n) is 7.37. The highest BCUT2D eigenvalue weighted by Gasteiger charge is 2.34. The number of carboxylic acids is 1. The molecule has 1 aromatic heterocycles. The second-order valence-corrected chi connectivity index (χ2v) is 5.24. The third kappa shape index (κ3) is 1.85. The molecule has 0 unspecified atom stereocenters. The molecule has 1 saturated heterocycles. The number of aliphatic carboxylic acids is 1. The van der Waals surface area contributed by atoms with E-state index in [1.54, 1.807) is 11.3 Å². The van der Waals surface area contributed by atoms with Crippen molar-refractivity contribution in [2.45, 2.75) is 5.92 Å². The van der Waals surface area contributed by atoms with E-state index < -0.39 is 5.97 Å². The maximum Gasteiger partial charge on any atom is 0.308 e. The number of nitrogens with one attached hydrogen (secondary N) is 1. The normalized spacial score (nSPS) is 26.6. The Bertz CT molecular complexity index is 352. The third-order valence-electron chi connectivity index (χ3n) is 2.48. The SMILES string of the molecule is O=C(O)[C@H]1CNC[C@@H]1c1cc(Br)cs1. The van der Waals surface area contributed by atoms with Gasteiger partial charge in [-0.3, -0.25) is 4.79 Å². The fraction of sp³-hybridized carbons (Fsp3) is 0.444. The van der Waals surface area contributed by atoms with Gasteiger partial charge in [0.1, 0.15) is 0 Å². The lowest BCUT2D eigenvalue weighted by molar-refractivity contribution is -0.141. The molecule has 1 aromatic rings. The van der Waals surface area contributed by atoms with E-state index in [4.69, 9.17) is 5.11 Å². The Morgan fingerprint density at radius 3 is 3.00 bits per heavy atom. The summed E-state index contributed by atoms with van der Waals surface area (Å²) in [5.74, 6) is -0.853. The first-order valence-corrected chi connectivity index (χ1v) is 6.03. The van der Waals surface area contributed by atoms with Gasteiger partial charge in [0.25, 0.3) is 0 Å². The van der Waals surface area contributed by atoms with Crippen LogP contribution >= 0.6 is 27.3 Å². The van der Waals surface area contributed by atoms with Crippen molar-refractivity contribution in [2.24, 2.45) is 5.92 Å². The lowest BCUT2D eigenvalue weighted by atomic mass is 9.95. The summed E-state index contributed by atoms with van der Waals surface area (Å²) in [7, 11) is 0. The summed E-state index contributed by atoms with van der Waals surface area (Å²) < 4.78 is 1.04. The molecule has 0 bridgehead atoms. The van der Waals surface area contributed by atoms with E-state index in [0.29, 0.717) is 6.54 Å². The molecule has 0 spiro atoms. The number of rotatable bonds is 2. The molecular weight excluding hydrogens is 266 g/mol. The van der Waals surface area contributed by atoms with Gasteiger partial charge in [-0.05, 0) is 22.0 Å². The van der Waals surface area contributed by atoms with E-state index >= 15 is 0 Å². The van der Waals surface area contributed by atoms with E-state index in [-0.39, 0.29) is 11.8 Å². The molecule has 2 atom stereocenters. The number of halogens is 1. The van der Waals surface area contributed by atoms with Gasteiger partial charge in [-0.15, -0.1) is 11.3 Å². The molecule has 0 radical (unpaired) electrons. The first kappa shape index (κ1) is 10.1. The number of carbonyl (C=O) groups is 1. The van der Waals surface area contributed by atoms with Crippen LogP contribution in [0.5, 0.6) is 0 Å². The van der Waals surface area contributed by atoms with Crippen LogP contribution in [0, 0.1) is 5.92 Å². The van der Waals surface area contributed by atoms with Gasteiger partial charge in [-0.25, -0.2) is 0 Å². The van der Waals surface area contributed by atoms with Crippen molar-refractivity contribution in [3.05, 3.63) is 20.8 Å². The van der Waals surface area contributed by atoms with Gasteiger partial charge in [0.15, 0.2) is 0 Å². The molecule has 1 aliphatic rings. The Kier molecular flexibility index (Phi) is 2.90. The molecule has 1 aliphatic heterocycles. The van der Waals surface area contributed by atoms with Crippen molar-refractivity contribution in [3.63, 3.8) is 0 Å². The molecule has 0 aromatic carbocycles. The van der Waals surface area contributed by atoms with Gasteiger partial charge in [0, 0.05) is 33.7 Å². The van der Waals surface area contributed by atoms with Crippen molar-refractivity contribution in [2.75, 3.05) is 13.1 Å². The minimum Gasteiger partial charge on any atom is -0.481 e. The van der Waals surface area contributed by atoms with Crippen molar-refractivity contribution >= 4 is 33.2 Å². The lowest BCUT2D eigenvalue weighted by Gasteiger charge is -2.11. The van der Waals surface area contributed by atoms with Gasteiger partial charge in [0.05, 0.1) is 5.92 Å². The van der Waals surface area contributed by atoms with Crippen LogP contribution in [0.25, 0.3) is 0 Å². The number of thiophene rings is 1. The molecular formula is C9H10BrNO2S. The Balaban J connectivity index is 2.21. The largest absolute Gasteiger partial charge is 0.481 e. The lowest BCUT2D eigenvalue weighted by Crippen LogP contribution is -2.20. The van der Waals surface area contributed by atoms with E-state index in [0.717, 1.165) is 15.9 Å². The quantitative estimate of drug-likeness (QED) is 0.867. The minimum absolute atomic E-state index is 0.129. The highest BCUT2D eigenvalue weighted by molar-refractivity contribution is 9.10. The van der Waals surface area contributed by atoms with Crippen LogP contribution in [0.15, 0.2) is 15.9 Å². The number of carboxylic acid groups (broad SMARTS) is 1. The molecule has 0 aliphatic carbocycles. The summed E-state index contributed by atoms with van der Waals surface area (Å²) in [6.45, 7) is 1.35. The van der Waals surface area contributed by atoms with Crippen molar-refractivity contribution in [1.82, 2.24) is 5.32 Å². The molecule has 3 nitrogen and oxygen atoms in total. The van der Waals surface area contributed by atoms with Gasteiger partial charge >= 0.3 is 5.97 Å². The molecule has 14 heavy (non-hydrogen) atoms. The average Bonchev–Trinajstić information content (AvgIpc) is 2.70. The molecule has 0 amide bonds. The first-order chi connectivity index (χ1) is 6.68. The molecule has 2 rings (SSSR count). The van der Waals surface area contributed by atoms with Gasteiger partial charge in [-0.1, -0.05) is 0 Å². The Hall–Kier alpha value is -0.390. The van der Waals surface area contributed by atoms with E-state index in [9.17, 15) is 4.79 Å². The smallest absolute Gasteiger partial charge is 0.308 e. The number of hydrogen-bond donors (Lipinski definition) is 2. The highest BCUT2D eigenvalue weighted by atomic mass is 79.9. The van der Waals surface area contributed by atoms with Crippen molar-refractivity contribution in [3.8, 4) is 0 Å². The molecule has 76 valence electrons. The maximum absolute atomic E-state index is 10.9. The second-order valence-electron chi connectivity index (χ2n) is 3.38. The predicted octanol–water partition coefficient (Wildman–Crippen LogP) is 1.90. The summed E-state index contributed by atoms with van der Waals surface area (Å²) in [4.78, 5) is 12.1. The summed E-state index contributed by atoms with van der Waals surface area (Å²) in [6.07, 6.45) is 0. The van der Waals surface area contributed by atoms with Crippen LogP contribution in [0.2, 0.25) is 0 Å². The molecule has 0 saturated carbocycles. The third-order valence-corrected chi connectivity index (χ3v) is 4.31. The van der Waals surface area contributed by atoms with E-state index in [1.165, 1.54) is 0 Å². The Morgan fingerprint density at radius 1 is 1.64 bits per heavy atom. The summed E-state index contributed by atoms with van der Waals surface area (Å²) in [6, 6.07) is 2.01. The topological polar surface area (TPSA) is 49.3 Å². The molecule has 1 fully saturated rings. The zero-order valence-corrected chi connectivity index (χ0v) is 9.77. The van der Waals surface area contributed by atoms with Crippen molar-refractivity contribution in [1.29, 1.82) is 0 Å². The summed E-state index contributed by atoms with van der Waals surface area (Å²) >= 11 is 5.00. The average molecular weight is 276 g/mol. The van der Waals surface area contributed by atoms with Crippen LogP contribution in [0.4, 0.5) is 0 Å². The summed E-state index contributed by atoms with van der Waals surface area (Å²) in [5, 5.41) is 14.1. The monoisotopic (exact) mass is 275 g/mol. The van der Waals surface area contributed by atoms with Gasteiger partial charge < -0.3 is 10.4 Å². The highest BCUT2D eigenvalue weighted by Crippen LogP contribution is 2.34. The standard InChI is InChI=1S/C9H10BrNO2S/c10-5-1-8(14-4-5)6-2-11-3-7(6)9(12)13/h1,4,6-7,11H,2-3H2,(H,12,13)/t6-,7-/m0/s1.